The van der Waals surface area contributed by atoms with Crippen LogP contribution in [0, 0.1) is 5.41 Å². The molecule has 76 valence electrons. The Kier molecular flexibility index (Phi) is 2.62. The van der Waals surface area contributed by atoms with Gasteiger partial charge in [0.05, 0.1) is 13.2 Å². The molecule has 2 fully saturated rings. The maximum absolute atomic E-state index is 5.74. The summed E-state index contributed by atoms with van der Waals surface area (Å²) in [7, 11) is 0. The molecule has 2 nitrogen and oxygen atoms in total. The molecular formula is C10H17IO2. The predicted octanol–water partition coefficient (Wildman–Crippen LogP) is 2.74. The maximum Gasteiger partial charge on any atom is 0.169 e. The minimum absolute atomic E-state index is 0.217. The molecule has 0 amide bonds. The number of hydrogen-bond acceptors (Lipinski definition) is 2. The molecule has 1 atom stereocenters. The molecule has 0 N–H and O–H groups in total. The van der Waals surface area contributed by atoms with Gasteiger partial charge in [-0.05, 0) is 11.8 Å². The SMILES string of the molecule is CC1(C)CC2(CC[C@@H]1I)OCCO2. The average Bonchev–Trinajstić information content (AvgIpc) is 2.46. The molecule has 0 radical (unpaired) electrons. The fourth-order valence-electron chi connectivity index (χ4n) is 2.37. The van der Waals surface area contributed by atoms with Crippen molar-refractivity contribution in [2.45, 2.75) is 42.8 Å². The molecule has 1 aliphatic heterocycles. The first-order chi connectivity index (χ1) is 6.04. The Balaban J connectivity index is 2.10. The molecule has 1 saturated carbocycles. The lowest BCUT2D eigenvalue weighted by atomic mass is 9.74. The van der Waals surface area contributed by atoms with Gasteiger partial charge in [0.25, 0.3) is 0 Å². The Morgan fingerprint density at radius 1 is 1.23 bits per heavy atom. The molecule has 1 spiro atoms. The van der Waals surface area contributed by atoms with E-state index in [0.717, 1.165) is 30.0 Å². The normalized spacial score (nSPS) is 36.7. The first-order valence-corrected chi connectivity index (χ1v) is 6.21. The first-order valence-electron chi connectivity index (χ1n) is 4.96. The number of rotatable bonds is 0. The smallest absolute Gasteiger partial charge is 0.169 e. The Morgan fingerprint density at radius 2 is 1.85 bits per heavy atom. The standard InChI is InChI=1S/C10H17IO2/c1-9(2)7-10(4-3-8(9)11)12-5-6-13-10/h8H,3-7H2,1-2H3/t8-/m0/s1. The van der Waals surface area contributed by atoms with E-state index in [9.17, 15) is 0 Å². The minimum atomic E-state index is -0.217. The molecule has 1 aliphatic carbocycles. The Hall–Kier alpha value is 0.650. The fraction of sp³-hybridized carbons (Fsp3) is 1.00. The van der Waals surface area contributed by atoms with Crippen molar-refractivity contribution in [2.75, 3.05) is 13.2 Å². The monoisotopic (exact) mass is 296 g/mol. The van der Waals surface area contributed by atoms with Crippen molar-refractivity contribution < 1.29 is 9.47 Å². The summed E-state index contributed by atoms with van der Waals surface area (Å²) < 4.78 is 12.2. The Morgan fingerprint density at radius 3 is 2.38 bits per heavy atom. The molecule has 0 aromatic rings. The van der Waals surface area contributed by atoms with E-state index >= 15 is 0 Å². The van der Waals surface area contributed by atoms with Crippen LogP contribution in [0.25, 0.3) is 0 Å². The van der Waals surface area contributed by atoms with Gasteiger partial charge in [-0.1, -0.05) is 36.4 Å². The van der Waals surface area contributed by atoms with Gasteiger partial charge in [0.15, 0.2) is 5.79 Å². The van der Waals surface area contributed by atoms with Crippen molar-refractivity contribution >= 4 is 22.6 Å². The number of ether oxygens (including phenoxy) is 2. The van der Waals surface area contributed by atoms with Crippen LogP contribution in [-0.2, 0) is 9.47 Å². The lowest BCUT2D eigenvalue weighted by molar-refractivity contribution is -0.195. The second kappa shape index (κ2) is 3.35. The highest BCUT2D eigenvalue weighted by Crippen LogP contribution is 2.48. The Labute approximate surface area is 93.5 Å². The highest BCUT2D eigenvalue weighted by molar-refractivity contribution is 14.1. The molecular weight excluding hydrogens is 279 g/mol. The van der Waals surface area contributed by atoms with Gasteiger partial charge in [-0.3, -0.25) is 0 Å². The zero-order chi connectivity index (χ0) is 9.53. The van der Waals surface area contributed by atoms with E-state index in [1.54, 1.807) is 0 Å². The zero-order valence-corrected chi connectivity index (χ0v) is 10.5. The molecule has 1 heterocycles. The summed E-state index contributed by atoms with van der Waals surface area (Å²) >= 11 is 2.56. The number of alkyl halides is 1. The van der Waals surface area contributed by atoms with E-state index in [1.165, 1.54) is 6.42 Å². The second-order valence-electron chi connectivity index (χ2n) is 4.78. The summed E-state index contributed by atoms with van der Waals surface area (Å²) in [5, 5.41) is 0. The van der Waals surface area contributed by atoms with Gasteiger partial charge in [-0.25, -0.2) is 0 Å². The van der Waals surface area contributed by atoms with Crippen molar-refractivity contribution in [1.29, 1.82) is 0 Å². The summed E-state index contributed by atoms with van der Waals surface area (Å²) in [6, 6.07) is 0. The van der Waals surface area contributed by atoms with Crippen LogP contribution in [0.4, 0.5) is 0 Å². The van der Waals surface area contributed by atoms with Crippen LogP contribution < -0.4 is 0 Å². The van der Waals surface area contributed by atoms with Gasteiger partial charge in [0.2, 0.25) is 0 Å². The molecule has 13 heavy (non-hydrogen) atoms. The summed E-state index contributed by atoms with van der Waals surface area (Å²) in [6.45, 7) is 6.19. The second-order valence-corrected chi connectivity index (χ2v) is 6.28. The number of hydrogen-bond donors (Lipinski definition) is 0. The minimum Gasteiger partial charge on any atom is -0.348 e. The molecule has 2 rings (SSSR count). The summed E-state index contributed by atoms with van der Waals surface area (Å²) in [5.41, 5.74) is 0.350. The van der Waals surface area contributed by atoms with E-state index in [-0.39, 0.29) is 5.79 Å². The van der Waals surface area contributed by atoms with E-state index in [0.29, 0.717) is 5.41 Å². The summed E-state index contributed by atoms with van der Waals surface area (Å²) in [6.07, 6.45) is 3.34. The molecule has 0 aromatic heterocycles. The third-order valence-electron chi connectivity index (χ3n) is 3.17. The zero-order valence-electron chi connectivity index (χ0n) is 8.31. The van der Waals surface area contributed by atoms with Gasteiger partial charge in [0.1, 0.15) is 0 Å². The van der Waals surface area contributed by atoms with Crippen molar-refractivity contribution in [3.05, 3.63) is 0 Å². The van der Waals surface area contributed by atoms with Gasteiger partial charge >= 0.3 is 0 Å². The van der Waals surface area contributed by atoms with Crippen molar-refractivity contribution in [3.63, 3.8) is 0 Å². The van der Waals surface area contributed by atoms with Crippen LogP contribution in [0.15, 0.2) is 0 Å². The van der Waals surface area contributed by atoms with Crippen LogP contribution in [0.5, 0.6) is 0 Å². The maximum atomic E-state index is 5.74. The van der Waals surface area contributed by atoms with Gasteiger partial charge in [0, 0.05) is 16.8 Å². The van der Waals surface area contributed by atoms with Gasteiger partial charge < -0.3 is 9.47 Å². The van der Waals surface area contributed by atoms with E-state index in [4.69, 9.17) is 9.47 Å². The molecule has 0 bridgehead atoms. The molecule has 3 heteroatoms. The van der Waals surface area contributed by atoms with Crippen LogP contribution in [0.2, 0.25) is 0 Å². The highest BCUT2D eigenvalue weighted by Gasteiger charge is 2.47. The molecule has 0 aromatic carbocycles. The lowest BCUT2D eigenvalue weighted by Crippen LogP contribution is -2.44. The van der Waals surface area contributed by atoms with Gasteiger partial charge in [-0.2, -0.15) is 0 Å². The van der Waals surface area contributed by atoms with E-state index < -0.39 is 0 Å². The van der Waals surface area contributed by atoms with Crippen LogP contribution in [0.3, 0.4) is 0 Å². The van der Waals surface area contributed by atoms with Crippen LogP contribution in [-0.4, -0.2) is 22.9 Å². The van der Waals surface area contributed by atoms with Crippen molar-refractivity contribution in [3.8, 4) is 0 Å². The predicted molar refractivity (Wildman–Crippen MR) is 60.1 cm³/mol. The van der Waals surface area contributed by atoms with Crippen molar-refractivity contribution in [2.24, 2.45) is 5.41 Å². The van der Waals surface area contributed by atoms with E-state index in [1.807, 2.05) is 0 Å². The summed E-state index contributed by atoms with van der Waals surface area (Å²) in [4.78, 5) is 0. The topological polar surface area (TPSA) is 18.5 Å². The van der Waals surface area contributed by atoms with E-state index in [2.05, 4.69) is 36.4 Å². The first kappa shape index (κ1) is 10.2. The van der Waals surface area contributed by atoms with Crippen molar-refractivity contribution in [1.82, 2.24) is 0 Å². The van der Waals surface area contributed by atoms with Crippen LogP contribution >= 0.6 is 22.6 Å². The quantitative estimate of drug-likeness (QED) is 0.505. The number of halogens is 1. The Bertz CT molecular complexity index is 197. The highest BCUT2D eigenvalue weighted by atomic mass is 127. The van der Waals surface area contributed by atoms with Gasteiger partial charge in [-0.15, -0.1) is 0 Å². The summed E-state index contributed by atoms with van der Waals surface area (Å²) in [5.74, 6) is -0.217. The largest absolute Gasteiger partial charge is 0.348 e. The molecule has 1 saturated heterocycles. The fourth-order valence-corrected chi connectivity index (χ4v) is 2.91. The lowest BCUT2D eigenvalue weighted by Gasteiger charge is -2.44. The van der Waals surface area contributed by atoms with Crippen LogP contribution in [0.1, 0.15) is 33.1 Å². The molecule has 0 unspecified atom stereocenters. The third kappa shape index (κ3) is 1.88. The third-order valence-corrected chi connectivity index (χ3v) is 5.47. The average molecular weight is 296 g/mol. The molecule has 2 aliphatic rings.